The molecule has 3 aromatic rings. The summed E-state index contributed by atoms with van der Waals surface area (Å²) < 4.78 is 6.07. The smallest absolute Gasteiger partial charge is 0.209 e. The van der Waals surface area contributed by atoms with Gasteiger partial charge in [0.25, 0.3) is 0 Å². The normalized spacial score (nSPS) is 15.2. The zero-order chi connectivity index (χ0) is 17.9. The van der Waals surface area contributed by atoms with Crippen LogP contribution in [-0.4, -0.2) is 35.5 Å². The Morgan fingerprint density at radius 3 is 2.58 bits per heavy atom. The van der Waals surface area contributed by atoms with Gasteiger partial charge in [0.2, 0.25) is 6.41 Å². The van der Waals surface area contributed by atoms with Gasteiger partial charge in [0.05, 0.1) is 5.52 Å². The fraction of sp³-hybridized carbons (Fsp3) is 0.273. The number of hydrogen-bond donors (Lipinski definition) is 0. The minimum absolute atomic E-state index is 0.183. The van der Waals surface area contributed by atoms with Crippen LogP contribution in [0, 0.1) is 6.92 Å². The first-order chi connectivity index (χ1) is 12.7. The molecule has 0 bridgehead atoms. The Morgan fingerprint density at radius 1 is 1.08 bits per heavy atom. The van der Waals surface area contributed by atoms with E-state index in [0.29, 0.717) is 0 Å². The molecule has 0 saturated carbocycles. The first-order valence-corrected chi connectivity index (χ1v) is 9.05. The average molecular weight is 346 g/mol. The van der Waals surface area contributed by atoms with Gasteiger partial charge in [-0.3, -0.25) is 9.78 Å². The molecule has 1 amide bonds. The second-order valence-electron chi connectivity index (χ2n) is 6.85. The zero-order valence-electron chi connectivity index (χ0n) is 14.9. The van der Waals surface area contributed by atoms with Crippen LogP contribution in [0.15, 0.2) is 54.7 Å². The Morgan fingerprint density at radius 2 is 1.85 bits per heavy atom. The molecule has 4 rings (SSSR count). The van der Waals surface area contributed by atoms with E-state index in [1.807, 2.05) is 18.3 Å². The van der Waals surface area contributed by atoms with Crippen molar-refractivity contribution in [2.24, 2.45) is 0 Å². The lowest BCUT2D eigenvalue weighted by Crippen LogP contribution is -2.37. The molecule has 1 fully saturated rings. The maximum atomic E-state index is 10.8. The fourth-order valence-corrected chi connectivity index (χ4v) is 3.49. The van der Waals surface area contributed by atoms with Crippen LogP contribution in [-0.2, 0) is 4.79 Å². The van der Waals surface area contributed by atoms with Gasteiger partial charge < -0.3 is 9.64 Å². The molecule has 1 aliphatic heterocycles. The number of aromatic nitrogens is 1. The average Bonchev–Trinajstić information content (AvgIpc) is 2.69. The molecule has 0 atom stereocenters. The summed E-state index contributed by atoms with van der Waals surface area (Å²) in [6, 6.07) is 16.6. The third-order valence-corrected chi connectivity index (χ3v) is 5.03. The van der Waals surface area contributed by atoms with Gasteiger partial charge in [-0.05, 0) is 36.2 Å². The standard InChI is InChI=1S/C22H22N2O2/c1-16-3-2-4-18-13-19(14-23-22(16)18)17-5-7-20(8-6-17)26-21-9-11-24(15-25)12-10-21/h2-8,13-15,21H,9-12H2,1H3. The van der Waals surface area contributed by atoms with Gasteiger partial charge in [0.1, 0.15) is 11.9 Å². The van der Waals surface area contributed by atoms with Gasteiger partial charge in [-0.1, -0.05) is 30.3 Å². The molecular formula is C22H22N2O2. The van der Waals surface area contributed by atoms with Crippen molar-refractivity contribution in [2.45, 2.75) is 25.9 Å². The van der Waals surface area contributed by atoms with Crippen LogP contribution in [0.1, 0.15) is 18.4 Å². The second kappa shape index (κ2) is 7.16. The molecule has 4 heteroatoms. The molecule has 0 radical (unpaired) electrons. The fourth-order valence-electron chi connectivity index (χ4n) is 3.49. The van der Waals surface area contributed by atoms with Gasteiger partial charge in [0, 0.05) is 43.1 Å². The Kier molecular flexibility index (Phi) is 4.57. The highest BCUT2D eigenvalue weighted by molar-refractivity contribution is 5.85. The largest absolute Gasteiger partial charge is 0.490 e. The van der Waals surface area contributed by atoms with Crippen molar-refractivity contribution < 1.29 is 9.53 Å². The van der Waals surface area contributed by atoms with Crippen molar-refractivity contribution in [1.82, 2.24) is 9.88 Å². The monoisotopic (exact) mass is 346 g/mol. The van der Waals surface area contributed by atoms with Crippen LogP contribution in [0.25, 0.3) is 22.0 Å². The highest BCUT2D eigenvalue weighted by Gasteiger charge is 2.19. The Labute approximate surface area is 153 Å². The highest BCUT2D eigenvalue weighted by atomic mass is 16.5. The van der Waals surface area contributed by atoms with Crippen LogP contribution in [0.4, 0.5) is 0 Å². The summed E-state index contributed by atoms with van der Waals surface area (Å²) in [7, 11) is 0. The lowest BCUT2D eigenvalue weighted by Gasteiger charge is -2.29. The van der Waals surface area contributed by atoms with Gasteiger partial charge in [-0.2, -0.15) is 0 Å². The molecule has 4 nitrogen and oxygen atoms in total. The third-order valence-electron chi connectivity index (χ3n) is 5.03. The number of likely N-dealkylation sites (tertiary alicyclic amines) is 1. The number of para-hydroxylation sites is 1. The summed E-state index contributed by atoms with van der Waals surface area (Å²) in [5.41, 5.74) is 4.48. The quantitative estimate of drug-likeness (QED) is 0.665. The van der Waals surface area contributed by atoms with Gasteiger partial charge in [-0.15, -0.1) is 0 Å². The summed E-state index contributed by atoms with van der Waals surface area (Å²) in [5.74, 6) is 0.878. The highest BCUT2D eigenvalue weighted by Crippen LogP contribution is 2.27. The minimum atomic E-state index is 0.183. The number of piperidine rings is 1. The molecule has 1 saturated heterocycles. The number of hydrogen-bond acceptors (Lipinski definition) is 3. The first-order valence-electron chi connectivity index (χ1n) is 9.05. The van der Waals surface area contributed by atoms with Crippen LogP contribution in [0.3, 0.4) is 0 Å². The van der Waals surface area contributed by atoms with E-state index in [1.54, 1.807) is 4.90 Å². The molecule has 1 aromatic heterocycles. The number of rotatable bonds is 4. The third kappa shape index (κ3) is 3.40. The molecule has 2 aromatic carbocycles. The number of fused-ring (bicyclic) bond motifs is 1. The second-order valence-corrected chi connectivity index (χ2v) is 6.85. The molecule has 0 N–H and O–H groups in total. The number of pyridine rings is 1. The number of nitrogens with zero attached hydrogens (tertiary/aromatic N) is 2. The Balaban J connectivity index is 1.48. The lowest BCUT2D eigenvalue weighted by atomic mass is 10.0. The van der Waals surface area contributed by atoms with Crippen molar-refractivity contribution in [2.75, 3.05) is 13.1 Å². The van der Waals surface area contributed by atoms with Gasteiger partial charge in [-0.25, -0.2) is 0 Å². The molecule has 0 spiro atoms. The number of carbonyl (C=O) groups is 1. The van der Waals surface area contributed by atoms with Crippen LogP contribution in [0.2, 0.25) is 0 Å². The molecule has 132 valence electrons. The lowest BCUT2D eigenvalue weighted by molar-refractivity contribution is -0.119. The van der Waals surface area contributed by atoms with Crippen LogP contribution >= 0.6 is 0 Å². The number of carbonyl (C=O) groups excluding carboxylic acids is 1. The summed E-state index contributed by atoms with van der Waals surface area (Å²) in [5, 5.41) is 1.16. The minimum Gasteiger partial charge on any atom is -0.490 e. The SMILES string of the molecule is Cc1cccc2cc(-c3ccc(OC4CCN(C=O)CC4)cc3)cnc12. The van der Waals surface area contributed by atoms with E-state index in [0.717, 1.165) is 60.1 Å². The van der Waals surface area contributed by atoms with Crippen molar-refractivity contribution in [3.05, 3.63) is 60.3 Å². The molecule has 26 heavy (non-hydrogen) atoms. The number of benzene rings is 2. The van der Waals surface area contributed by atoms with Crippen LogP contribution < -0.4 is 4.74 Å². The summed E-state index contributed by atoms with van der Waals surface area (Å²) >= 11 is 0. The van der Waals surface area contributed by atoms with Crippen molar-refractivity contribution in [3.63, 3.8) is 0 Å². The van der Waals surface area contributed by atoms with E-state index < -0.39 is 0 Å². The molecule has 1 aliphatic rings. The number of ether oxygens (including phenoxy) is 1. The maximum absolute atomic E-state index is 10.8. The van der Waals surface area contributed by atoms with Gasteiger partial charge in [0.15, 0.2) is 0 Å². The molecular weight excluding hydrogens is 324 g/mol. The van der Waals surface area contributed by atoms with E-state index in [-0.39, 0.29) is 6.10 Å². The number of amides is 1. The Hall–Kier alpha value is -2.88. The zero-order valence-corrected chi connectivity index (χ0v) is 14.9. The summed E-state index contributed by atoms with van der Waals surface area (Å²) in [6.45, 7) is 3.63. The number of aryl methyl sites for hydroxylation is 1. The maximum Gasteiger partial charge on any atom is 0.209 e. The predicted octanol–water partition coefficient (Wildman–Crippen LogP) is 4.21. The van der Waals surface area contributed by atoms with Crippen molar-refractivity contribution in [3.8, 4) is 16.9 Å². The molecule has 2 heterocycles. The summed E-state index contributed by atoms with van der Waals surface area (Å²) in [4.78, 5) is 17.2. The van der Waals surface area contributed by atoms with Crippen molar-refractivity contribution >= 4 is 17.3 Å². The van der Waals surface area contributed by atoms with Gasteiger partial charge >= 0.3 is 0 Å². The van der Waals surface area contributed by atoms with E-state index in [2.05, 4.69) is 48.3 Å². The van der Waals surface area contributed by atoms with E-state index in [9.17, 15) is 4.79 Å². The van der Waals surface area contributed by atoms with E-state index in [1.165, 1.54) is 5.56 Å². The summed E-state index contributed by atoms with van der Waals surface area (Å²) in [6.07, 6.45) is 4.80. The predicted molar refractivity (Wildman–Crippen MR) is 103 cm³/mol. The molecule has 0 unspecified atom stereocenters. The van der Waals surface area contributed by atoms with E-state index >= 15 is 0 Å². The molecule has 0 aliphatic carbocycles. The van der Waals surface area contributed by atoms with Crippen LogP contribution in [0.5, 0.6) is 5.75 Å². The van der Waals surface area contributed by atoms with Crippen molar-refractivity contribution in [1.29, 1.82) is 0 Å². The topological polar surface area (TPSA) is 42.4 Å². The van der Waals surface area contributed by atoms with E-state index in [4.69, 9.17) is 4.74 Å². The Bertz CT molecular complexity index is 913. The first kappa shape index (κ1) is 16.6.